The number of furan rings is 2. The summed E-state index contributed by atoms with van der Waals surface area (Å²) in [4.78, 5) is 24.2. The lowest BCUT2D eigenvalue weighted by molar-refractivity contribution is -0.151. The third-order valence-electron chi connectivity index (χ3n) is 8.95. The molecule has 2 aromatic rings. The molecule has 0 bridgehead atoms. The van der Waals surface area contributed by atoms with E-state index in [-0.39, 0.29) is 42.6 Å². The third kappa shape index (κ3) is 27.8. The van der Waals surface area contributed by atoms with Gasteiger partial charge in [0.15, 0.2) is 0 Å². The van der Waals surface area contributed by atoms with Gasteiger partial charge in [-0.25, -0.2) is 0 Å². The summed E-state index contributed by atoms with van der Waals surface area (Å²) in [6, 6.07) is 6.00. The Kier molecular flexibility index (Phi) is 27.0. The van der Waals surface area contributed by atoms with E-state index in [1.807, 2.05) is 0 Å². The van der Waals surface area contributed by atoms with Crippen molar-refractivity contribution in [2.45, 2.75) is 187 Å². The van der Waals surface area contributed by atoms with Crippen molar-refractivity contribution < 1.29 is 53.8 Å². The van der Waals surface area contributed by atoms with E-state index in [1.165, 1.54) is 88.8 Å². The molecule has 0 amide bonds. The van der Waals surface area contributed by atoms with Crippen LogP contribution in [0.2, 0.25) is 0 Å². The Hall–Kier alpha value is -2.68. The number of carbonyl (C=O) groups is 2. The van der Waals surface area contributed by atoms with Gasteiger partial charge in [0, 0.05) is 6.42 Å². The summed E-state index contributed by atoms with van der Waals surface area (Å²) in [5.41, 5.74) is 0. The first-order valence-corrected chi connectivity index (χ1v) is 23.4. The van der Waals surface area contributed by atoms with Crippen molar-refractivity contribution in [3.63, 3.8) is 0 Å². The second-order valence-electron chi connectivity index (χ2n) is 14.1. The van der Waals surface area contributed by atoms with Crippen LogP contribution in [0.5, 0.6) is 0 Å². The Morgan fingerprint density at radius 2 is 0.889 bits per heavy atom. The molecule has 54 heavy (non-hydrogen) atoms. The maximum atomic E-state index is 12.5. The first-order valence-electron chi connectivity index (χ1n) is 20.1. The summed E-state index contributed by atoms with van der Waals surface area (Å²) in [5.74, 6) is -0.776. The molecule has 0 spiro atoms. The van der Waals surface area contributed by atoms with Crippen molar-refractivity contribution in [3.05, 3.63) is 47.3 Å². The summed E-state index contributed by atoms with van der Waals surface area (Å²) in [6.07, 6.45) is 24.6. The van der Waals surface area contributed by atoms with Gasteiger partial charge in [0.2, 0.25) is 0 Å². The van der Waals surface area contributed by atoms with Gasteiger partial charge < -0.3 is 18.3 Å². The van der Waals surface area contributed by atoms with E-state index in [1.54, 1.807) is 6.07 Å². The molecule has 0 aliphatic rings. The summed E-state index contributed by atoms with van der Waals surface area (Å²) >= 11 is 0. The van der Waals surface area contributed by atoms with E-state index in [2.05, 4.69) is 20.8 Å². The molecule has 0 aliphatic heterocycles. The van der Waals surface area contributed by atoms with E-state index < -0.39 is 31.7 Å². The zero-order valence-electron chi connectivity index (χ0n) is 33.1. The van der Waals surface area contributed by atoms with Gasteiger partial charge in [0.1, 0.15) is 47.8 Å². The standard InChI is InChI=1S/2C20H34O6S/c1-3-5-7-8-10-12-17(11-9-6-4-2)20(21)25-15-18-13-14-19(26-18)16-27(22,23)24;1-2-3-4-5-6-7-8-9-10-11-12-13-20(21)25-16-18-14-15-19(26-18)17-27(22,23)24/h13-14,17H,3-12,15-16H2,1-2H3,(H,22,23,24);14-15H,2-13,16-17H2,1H3,(H,22,23,24). The average Bonchev–Trinajstić information content (AvgIpc) is 3.75. The molecule has 2 N–H and O–H groups in total. The van der Waals surface area contributed by atoms with Crippen molar-refractivity contribution in [2.24, 2.45) is 5.92 Å². The van der Waals surface area contributed by atoms with Gasteiger partial charge >= 0.3 is 11.9 Å². The largest absolute Gasteiger partial charge is 0.461 e. The van der Waals surface area contributed by atoms with Crippen LogP contribution in [0.25, 0.3) is 0 Å². The van der Waals surface area contributed by atoms with Crippen LogP contribution in [0.1, 0.15) is 185 Å². The Balaban J connectivity index is 0.000000540. The van der Waals surface area contributed by atoms with Gasteiger partial charge in [0.25, 0.3) is 20.2 Å². The first-order chi connectivity index (χ1) is 25.8. The summed E-state index contributed by atoms with van der Waals surface area (Å²) in [5, 5.41) is 0. The molecule has 12 nitrogen and oxygen atoms in total. The fraction of sp³-hybridized carbons (Fsp3) is 0.750. The molecule has 0 saturated heterocycles. The van der Waals surface area contributed by atoms with Gasteiger partial charge in [-0.15, -0.1) is 0 Å². The number of ether oxygens (including phenoxy) is 2. The lowest BCUT2D eigenvalue weighted by Crippen LogP contribution is -2.18. The second-order valence-corrected chi connectivity index (χ2v) is 17.0. The van der Waals surface area contributed by atoms with E-state index in [0.29, 0.717) is 17.9 Å². The normalized spacial score (nSPS) is 12.2. The van der Waals surface area contributed by atoms with Crippen molar-refractivity contribution in [2.75, 3.05) is 0 Å². The minimum atomic E-state index is -4.14. The maximum absolute atomic E-state index is 12.5. The van der Waals surface area contributed by atoms with Crippen LogP contribution in [-0.2, 0) is 64.0 Å². The Morgan fingerprint density at radius 3 is 1.33 bits per heavy atom. The van der Waals surface area contributed by atoms with Gasteiger partial charge in [-0.2, -0.15) is 16.8 Å². The highest BCUT2D eigenvalue weighted by molar-refractivity contribution is 7.85. The highest BCUT2D eigenvalue weighted by Gasteiger charge is 2.20. The Labute approximate surface area is 325 Å². The Bertz CT molecular complexity index is 1480. The van der Waals surface area contributed by atoms with Crippen LogP contribution >= 0.6 is 0 Å². The number of carbonyl (C=O) groups excluding carboxylic acids is 2. The average molecular weight is 805 g/mol. The monoisotopic (exact) mass is 804 g/mol. The van der Waals surface area contributed by atoms with Crippen LogP contribution in [0.15, 0.2) is 33.1 Å². The number of unbranched alkanes of at least 4 members (excludes halogenated alkanes) is 16. The van der Waals surface area contributed by atoms with Crippen LogP contribution in [0.3, 0.4) is 0 Å². The maximum Gasteiger partial charge on any atom is 0.309 e. The number of hydrogen-bond acceptors (Lipinski definition) is 10. The zero-order valence-corrected chi connectivity index (χ0v) is 34.7. The van der Waals surface area contributed by atoms with Gasteiger partial charge in [-0.05, 0) is 43.5 Å². The smallest absolute Gasteiger partial charge is 0.309 e. The fourth-order valence-corrected chi connectivity index (χ4v) is 6.98. The lowest BCUT2D eigenvalue weighted by Gasteiger charge is -2.15. The first kappa shape index (κ1) is 49.3. The molecule has 0 radical (unpaired) electrons. The van der Waals surface area contributed by atoms with Crippen LogP contribution in [0, 0.1) is 5.92 Å². The Morgan fingerprint density at radius 1 is 0.537 bits per heavy atom. The van der Waals surface area contributed by atoms with Gasteiger partial charge in [-0.1, -0.05) is 136 Å². The lowest BCUT2D eigenvalue weighted by atomic mass is 9.94. The molecule has 0 aliphatic carbocycles. The predicted octanol–water partition coefficient (Wildman–Crippen LogP) is 10.7. The summed E-state index contributed by atoms with van der Waals surface area (Å²) in [7, 11) is -8.27. The van der Waals surface area contributed by atoms with E-state index >= 15 is 0 Å². The van der Waals surface area contributed by atoms with Crippen molar-refractivity contribution >= 4 is 32.2 Å². The number of hydrogen-bond donors (Lipinski definition) is 2. The molecule has 2 heterocycles. The topological polar surface area (TPSA) is 188 Å². The predicted molar refractivity (Wildman–Crippen MR) is 210 cm³/mol. The summed E-state index contributed by atoms with van der Waals surface area (Å²) < 4.78 is 81.9. The number of esters is 2. The van der Waals surface area contributed by atoms with Crippen LogP contribution in [-0.4, -0.2) is 37.9 Å². The molecule has 2 aromatic heterocycles. The van der Waals surface area contributed by atoms with Crippen LogP contribution in [0.4, 0.5) is 0 Å². The van der Waals surface area contributed by atoms with E-state index in [9.17, 15) is 26.4 Å². The van der Waals surface area contributed by atoms with E-state index in [0.717, 1.165) is 64.2 Å². The zero-order chi connectivity index (χ0) is 40.1. The molecule has 14 heteroatoms. The second kappa shape index (κ2) is 29.6. The van der Waals surface area contributed by atoms with Crippen molar-refractivity contribution in [1.82, 2.24) is 0 Å². The fourth-order valence-electron chi connectivity index (χ4n) is 5.95. The third-order valence-corrected chi connectivity index (χ3v) is 10.2. The molecule has 0 saturated carbocycles. The molecule has 312 valence electrons. The minimum Gasteiger partial charge on any atom is -0.461 e. The molecule has 0 fully saturated rings. The molecular weight excluding hydrogens is 737 g/mol. The summed E-state index contributed by atoms with van der Waals surface area (Å²) in [6.45, 7) is 6.50. The van der Waals surface area contributed by atoms with E-state index in [4.69, 9.17) is 27.4 Å². The molecular formula is C40H68O12S2. The van der Waals surface area contributed by atoms with Gasteiger partial charge in [-0.3, -0.25) is 18.7 Å². The van der Waals surface area contributed by atoms with Crippen LogP contribution < -0.4 is 0 Å². The molecule has 1 unspecified atom stereocenters. The molecule has 2 rings (SSSR count). The van der Waals surface area contributed by atoms with Gasteiger partial charge in [0.05, 0.1) is 5.92 Å². The molecule has 0 aromatic carbocycles. The van der Waals surface area contributed by atoms with Crippen molar-refractivity contribution in [1.29, 1.82) is 0 Å². The number of rotatable bonds is 31. The SMILES string of the molecule is CCCCCCCC(CCCCC)C(=O)OCc1ccc(CS(=O)(=O)O)o1.CCCCCCCCCCCCCC(=O)OCc1ccc(CS(=O)(=O)O)o1. The highest BCUT2D eigenvalue weighted by Crippen LogP contribution is 2.21. The van der Waals surface area contributed by atoms with Crippen molar-refractivity contribution in [3.8, 4) is 0 Å². The molecule has 1 atom stereocenters. The minimum absolute atomic E-state index is 0.0234. The highest BCUT2D eigenvalue weighted by atomic mass is 32.2. The quantitative estimate of drug-likeness (QED) is 0.0417.